The third kappa shape index (κ3) is 6.14. The average Bonchev–Trinajstić information content (AvgIpc) is 3.40. The van der Waals surface area contributed by atoms with Crippen molar-refractivity contribution < 1.29 is 14.6 Å². The number of hydrogen-bond donors (Lipinski definition) is 3. The third-order valence-electron chi connectivity index (χ3n) is 7.82. The molecule has 2 aliphatic rings. The minimum absolute atomic E-state index is 0.170. The van der Waals surface area contributed by atoms with Gasteiger partial charge in [-0.3, -0.25) is 19.8 Å². The Kier molecular flexibility index (Phi) is 7.72. The van der Waals surface area contributed by atoms with Crippen LogP contribution in [0, 0.1) is 0 Å². The Morgan fingerprint density at radius 2 is 1.85 bits per heavy atom. The van der Waals surface area contributed by atoms with Crippen molar-refractivity contribution >= 4 is 22.5 Å². The summed E-state index contributed by atoms with van der Waals surface area (Å²) >= 11 is 0. The lowest BCUT2D eigenvalue weighted by atomic mass is 10.0. The minimum atomic E-state index is -0.312. The average molecular weight is 542 g/mol. The fourth-order valence-corrected chi connectivity index (χ4v) is 5.42. The summed E-state index contributed by atoms with van der Waals surface area (Å²) in [6.45, 7) is 4.60. The summed E-state index contributed by atoms with van der Waals surface area (Å²) in [5.41, 5.74) is 4.74. The van der Waals surface area contributed by atoms with E-state index in [0.717, 1.165) is 86.0 Å². The van der Waals surface area contributed by atoms with Crippen LogP contribution in [-0.2, 0) is 6.54 Å². The number of nitrogens with zero attached hydrogens (tertiary/aromatic N) is 5. The second-order valence-electron chi connectivity index (χ2n) is 10.9. The topological polar surface area (TPSA) is 120 Å². The van der Waals surface area contributed by atoms with Gasteiger partial charge in [-0.15, -0.1) is 0 Å². The molecule has 0 radical (unpaired) electrons. The van der Waals surface area contributed by atoms with Gasteiger partial charge in [-0.05, 0) is 68.1 Å². The molecular weight excluding hydrogens is 506 g/mol. The number of rotatable bonds is 7. The first-order valence-electron chi connectivity index (χ1n) is 14.0. The number of piperidine rings is 2. The Balaban J connectivity index is 1.13. The van der Waals surface area contributed by atoms with Crippen molar-refractivity contribution in [1.82, 2.24) is 30.0 Å². The number of carbonyl (C=O) groups excluding carboxylic acids is 1. The zero-order valence-corrected chi connectivity index (χ0v) is 22.7. The van der Waals surface area contributed by atoms with Crippen molar-refractivity contribution in [3.8, 4) is 17.0 Å². The van der Waals surface area contributed by atoms with Gasteiger partial charge in [0.05, 0.1) is 23.5 Å². The van der Waals surface area contributed by atoms with Crippen LogP contribution in [0.25, 0.3) is 22.0 Å². The Labute approximate surface area is 233 Å². The van der Waals surface area contributed by atoms with E-state index in [-0.39, 0.29) is 18.1 Å². The van der Waals surface area contributed by atoms with Gasteiger partial charge in [0, 0.05) is 62.1 Å². The SMILES string of the molecule is CN1CCC(Oc2ccc(NC(=O)c3n[nH]c4ccc(-c5cncc(CN6CCC(O)CC6)c5)cc34)cn2)CC1. The Bertz CT molecular complexity index is 1460. The van der Waals surface area contributed by atoms with Gasteiger partial charge in [0.15, 0.2) is 5.69 Å². The number of hydrogen-bond acceptors (Lipinski definition) is 8. The molecule has 2 aliphatic heterocycles. The number of anilines is 1. The van der Waals surface area contributed by atoms with Gasteiger partial charge in [-0.25, -0.2) is 4.98 Å². The molecule has 2 saturated heterocycles. The first-order chi connectivity index (χ1) is 19.5. The Hall–Kier alpha value is -3.86. The van der Waals surface area contributed by atoms with Crippen LogP contribution in [0.5, 0.6) is 5.88 Å². The van der Waals surface area contributed by atoms with Crippen molar-refractivity contribution in [2.24, 2.45) is 0 Å². The van der Waals surface area contributed by atoms with Crippen LogP contribution in [0.4, 0.5) is 5.69 Å². The number of aliphatic hydroxyl groups is 1. The molecule has 10 heteroatoms. The van der Waals surface area contributed by atoms with Crippen LogP contribution >= 0.6 is 0 Å². The monoisotopic (exact) mass is 541 g/mol. The number of benzene rings is 1. The zero-order chi connectivity index (χ0) is 27.5. The van der Waals surface area contributed by atoms with Gasteiger partial charge < -0.3 is 20.1 Å². The number of fused-ring (bicyclic) bond motifs is 1. The van der Waals surface area contributed by atoms with Gasteiger partial charge in [0.2, 0.25) is 5.88 Å². The Morgan fingerprint density at radius 3 is 2.62 bits per heavy atom. The summed E-state index contributed by atoms with van der Waals surface area (Å²) < 4.78 is 6.02. The maximum absolute atomic E-state index is 13.2. The predicted octanol–water partition coefficient (Wildman–Crippen LogP) is 3.70. The van der Waals surface area contributed by atoms with E-state index in [1.165, 1.54) is 0 Å². The number of ether oxygens (including phenoxy) is 1. The fourth-order valence-electron chi connectivity index (χ4n) is 5.42. The number of aromatic amines is 1. The smallest absolute Gasteiger partial charge is 0.276 e. The molecule has 4 aromatic rings. The predicted molar refractivity (Wildman–Crippen MR) is 153 cm³/mol. The summed E-state index contributed by atoms with van der Waals surface area (Å²) in [5.74, 6) is 0.254. The van der Waals surface area contributed by atoms with E-state index in [1.807, 2.05) is 30.6 Å². The van der Waals surface area contributed by atoms with Crippen molar-refractivity contribution in [3.63, 3.8) is 0 Å². The number of H-pyrrole nitrogens is 1. The molecule has 2 fully saturated rings. The van der Waals surface area contributed by atoms with Crippen molar-refractivity contribution in [1.29, 1.82) is 0 Å². The summed E-state index contributed by atoms with van der Waals surface area (Å²) in [5, 5.41) is 20.7. The normalized spacial score (nSPS) is 17.8. The summed E-state index contributed by atoms with van der Waals surface area (Å²) in [6, 6.07) is 11.6. The van der Waals surface area contributed by atoms with Crippen LogP contribution < -0.4 is 10.1 Å². The quantitative estimate of drug-likeness (QED) is 0.324. The largest absolute Gasteiger partial charge is 0.474 e. The van der Waals surface area contributed by atoms with Gasteiger partial charge in [0.1, 0.15) is 6.10 Å². The summed E-state index contributed by atoms with van der Waals surface area (Å²) in [4.78, 5) is 26.7. The molecule has 0 unspecified atom stereocenters. The molecular formula is C30H35N7O3. The third-order valence-corrected chi connectivity index (χ3v) is 7.82. The fraction of sp³-hybridized carbons (Fsp3) is 0.400. The number of likely N-dealkylation sites (tertiary alicyclic amines) is 2. The molecule has 3 aromatic heterocycles. The van der Waals surface area contributed by atoms with E-state index in [4.69, 9.17) is 4.74 Å². The number of carbonyl (C=O) groups is 1. The highest BCUT2D eigenvalue weighted by atomic mass is 16.5. The van der Waals surface area contributed by atoms with Crippen LogP contribution in [0.15, 0.2) is 55.0 Å². The summed E-state index contributed by atoms with van der Waals surface area (Å²) in [6.07, 6.45) is 8.90. The highest BCUT2D eigenvalue weighted by Gasteiger charge is 2.20. The first kappa shape index (κ1) is 26.4. The minimum Gasteiger partial charge on any atom is -0.474 e. The van der Waals surface area contributed by atoms with E-state index in [0.29, 0.717) is 17.3 Å². The molecule has 1 amide bonds. The molecule has 5 heterocycles. The maximum atomic E-state index is 13.2. The molecule has 3 N–H and O–H groups in total. The van der Waals surface area contributed by atoms with Crippen LogP contribution in [-0.4, -0.2) is 86.4 Å². The van der Waals surface area contributed by atoms with Crippen molar-refractivity contribution in [3.05, 3.63) is 66.2 Å². The lowest BCUT2D eigenvalue weighted by Gasteiger charge is -2.29. The zero-order valence-electron chi connectivity index (χ0n) is 22.7. The highest BCUT2D eigenvalue weighted by Crippen LogP contribution is 2.27. The Morgan fingerprint density at radius 1 is 1.02 bits per heavy atom. The molecule has 0 bridgehead atoms. The number of nitrogens with one attached hydrogen (secondary N) is 2. The molecule has 1 aromatic carbocycles. The van der Waals surface area contributed by atoms with Gasteiger partial charge in [-0.2, -0.15) is 5.10 Å². The second kappa shape index (κ2) is 11.7. The van der Waals surface area contributed by atoms with E-state index in [1.54, 1.807) is 18.3 Å². The van der Waals surface area contributed by atoms with Gasteiger partial charge in [-0.1, -0.05) is 6.07 Å². The van der Waals surface area contributed by atoms with Gasteiger partial charge in [0.25, 0.3) is 5.91 Å². The lowest BCUT2D eigenvalue weighted by Crippen LogP contribution is -2.35. The standard InChI is InChI=1S/C30H35N7O3/c1-36-10-8-25(9-11-36)40-28-5-3-23(18-32-28)33-30(39)29-26-15-21(2-4-27(26)34-35-29)22-14-20(16-31-17-22)19-37-12-6-24(38)7-13-37/h2-5,14-18,24-25,38H,6-13,19H2,1H3,(H,33,39)(H,34,35). The molecule has 0 aliphatic carbocycles. The van der Waals surface area contributed by atoms with E-state index in [2.05, 4.69) is 48.4 Å². The van der Waals surface area contributed by atoms with Crippen LogP contribution in [0.1, 0.15) is 41.7 Å². The van der Waals surface area contributed by atoms with E-state index in [9.17, 15) is 9.90 Å². The molecule has 6 rings (SSSR count). The molecule has 208 valence electrons. The number of pyridine rings is 2. The van der Waals surface area contributed by atoms with Crippen molar-refractivity contribution in [2.75, 3.05) is 38.5 Å². The van der Waals surface area contributed by atoms with Crippen LogP contribution in [0.3, 0.4) is 0 Å². The van der Waals surface area contributed by atoms with E-state index >= 15 is 0 Å². The molecule has 0 atom stereocenters. The lowest BCUT2D eigenvalue weighted by molar-refractivity contribution is 0.0792. The molecule has 0 saturated carbocycles. The number of aliphatic hydroxyl groups excluding tert-OH is 1. The maximum Gasteiger partial charge on any atom is 0.276 e. The molecule has 40 heavy (non-hydrogen) atoms. The van der Waals surface area contributed by atoms with Gasteiger partial charge >= 0.3 is 0 Å². The second-order valence-corrected chi connectivity index (χ2v) is 10.9. The summed E-state index contributed by atoms with van der Waals surface area (Å²) in [7, 11) is 2.12. The molecule has 10 nitrogen and oxygen atoms in total. The highest BCUT2D eigenvalue weighted by molar-refractivity contribution is 6.11. The molecule has 0 spiro atoms. The number of aromatic nitrogens is 4. The first-order valence-corrected chi connectivity index (χ1v) is 14.0. The number of amides is 1. The van der Waals surface area contributed by atoms with Crippen LogP contribution in [0.2, 0.25) is 0 Å². The van der Waals surface area contributed by atoms with E-state index < -0.39 is 0 Å². The van der Waals surface area contributed by atoms with Crippen molar-refractivity contribution in [2.45, 2.75) is 44.4 Å².